The minimum Gasteiger partial charge on any atom is -0.494 e. The highest BCUT2D eigenvalue weighted by Gasteiger charge is 2.18. The normalized spacial score (nSPS) is 14.4. The molecule has 19 heavy (non-hydrogen) atoms. The number of amides is 1. The molecule has 0 aliphatic carbocycles. The number of hydrogen-bond donors (Lipinski definition) is 0. The van der Waals surface area contributed by atoms with Gasteiger partial charge in [0.1, 0.15) is 5.75 Å². The van der Waals surface area contributed by atoms with Crippen molar-refractivity contribution in [2.75, 3.05) is 13.2 Å². The highest BCUT2D eigenvalue weighted by molar-refractivity contribution is 5.73. The van der Waals surface area contributed by atoms with Crippen molar-refractivity contribution in [3.8, 4) is 5.75 Å². The summed E-state index contributed by atoms with van der Waals surface area (Å²) >= 11 is 0. The lowest BCUT2D eigenvalue weighted by atomic mass is 9.99. The summed E-state index contributed by atoms with van der Waals surface area (Å²) in [5.41, 5.74) is 2.57. The van der Waals surface area contributed by atoms with Gasteiger partial charge in [-0.3, -0.25) is 4.79 Å². The van der Waals surface area contributed by atoms with E-state index in [0.29, 0.717) is 12.5 Å². The fourth-order valence-electron chi connectivity index (χ4n) is 2.30. The van der Waals surface area contributed by atoms with E-state index in [1.807, 2.05) is 11.0 Å². The van der Waals surface area contributed by atoms with Crippen LogP contribution in [0.25, 0.3) is 0 Å². The topological polar surface area (TPSA) is 29.5 Å². The molecule has 0 spiro atoms. The van der Waals surface area contributed by atoms with Crippen LogP contribution in [0.5, 0.6) is 5.75 Å². The molecule has 1 aliphatic rings. The van der Waals surface area contributed by atoms with E-state index in [-0.39, 0.29) is 5.91 Å². The van der Waals surface area contributed by atoms with E-state index >= 15 is 0 Å². The summed E-state index contributed by atoms with van der Waals surface area (Å²) in [6.45, 7) is 8.32. The number of ether oxygens (including phenoxy) is 1. The summed E-state index contributed by atoms with van der Waals surface area (Å²) in [5, 5.41) is 0. The van der Waals surface area contributed by atoms with Gasteiger partial charge >= 0.3 is 0 Å². The maximum atomic E-state index is 11.4. The first-order chi connectivity index (χ1) is 9.06. The van der Waals surface area contributed by atoms with Gasteiger partial charge in [-0.15, -0.1) is 0 Å². The Morgan fingerprint density at radius 1 is 1.37 bits per heavy atom. The predicted molar refractivity (Wildman–Crippen MR) is 76.2 cm³/mol. The Labute approximate surface area is 115 Å². The van der Waals surface area contributed by atoms with Crippen LogP contribution < -0.4 is 4.74 Å². The number of fused-ring (bicyclic) bond motifs is 1. The van der Waals surface area contributed by atoms with Gasteiger partial charge in [-0.05, 0) is 42.0 Å². The van der Waals surface area contributed by atoms with E-state index in [1.165, 1.54) is 11.1 Å². The molecule has 0 N–H and O–H groups in total. The number of rotatable bonds is 4. The Balaban J connectivity index is 2.01. The van der Waals surface area contributed by atoms with Crippen molar-refractivity contribution in [2.24, 2.45) is 5.92 Å². The van der Waals surface area contributed by atoms with E-state index in [0.717, 1.165) is 31.7 Å². The monoisotopic (exact) mass is 261 g/mol. The van der Waals surface area contributed by atoms with Crippen molar-refractivity contribution in [3.63, 3.8) is 0 Å². The fourth-order valence-corrected chi connectivity index (χ4v) is 2.30. The Morgan fingerprint density at radius 3 is 2.84 bits per heavy atom. The summed E-state index contributed by atoms with van der Waals surface area (Å²) in [5.74, 6) is 1.73. The fraction of sp³-hybridized carbons (Fsp3) is 0.562. The van der Waals surface area contributed by atoms with E-state index < -0.39 is 0 Å². The zero-order valence-electron chi connectivity index (χ0n) is 12.1. The molecule has 1 aromatic rings. The molecule has 104 valence electrons. The van der Waals surface area contributed by atoms with Crippen LogP contribution in [-0.4, -0.2) is 24.0 Å². The average Bonchev–Trinajstić information content (AvgIpc) is 2.37. The highest BCUT2D eigenvalue weighted by Crippen LogP contribution is 2.24. The SMILES string of the molecule is CC(=O)N1CCc2ccc(OCCC(C)C)cc2C1. The molecule has 0 saturated carbocycles. The van der Waals surface area contributed by atoms with Gasteiger partial charge in [-0.2, -0.15) is 0 Å². The Kier molecular flexibility index (Phi) is 4.46. The van der Waals surface area contributed by atoms with Crippen LogP contribution in [0.1, 0.15) is 38.3 Å². The number of nitrogens with zero attached hydrogens (tertiary/aromatic N) is 1. The maximum Gasteiger partial charge on any atom is 0.219 e. The van der Waals surface area contributed by atoms with Gasteiger partial charge in [0.25, 0.3) is 0 Å². The number of carbonyl (C=O) groups excluding carboxylic acids is 1. The van der Waals surface area contributed by atoms with Crippen LogP contribution in [0.2, 0.25) is 0 Å². The van der Waals surface area contributed by atoms with E-state index in [9.17, 15) is 4.79 Å². The van der Waals surface area contributed by atoms with Crippen LogP contribution in [0.15, 0.2) is 18.2 Å². The third-order valence-corrected chi connectivity index (χ3v) is 3.60. The summed E-state index contributed by atoms with van der Waals surface area (Å²) in [6, 6.07) is 6.27. The zero-order valence-corrected chi connectivity index (χ0v) is 12.1. The third kappa shape index (κ3) is 3.72. The molecule has 1 aromatic carbocycles. The van der Waals surface area contributed by atoms with Crippen LogP contribution in [0, 0.1) is 5.92 Å². The lowest BCUT2D eigenvalue weighted by Gasteiger charge is -2.28. The van der Waals surface area contributed by atoms with Crippen molar-refractivity contribution in [1.82, 2.24) is 4.90 Å². The number of hydrogen-bond acceptors (Lipinski definition) is 2. The van der Waals surface area contributed by atoms with Gasteiger partial charge in [0, 0.05) is 20.0 Å². The first-order valence-corrected chi connectivity index (χ1v) is 7.06. The predicted octanol–water partition coefficient (Wildman–Crippen LogP) is 3.02. The quantitative estimate of drug-likeness (QED) is 0.834. The van der Waals surface area contributed by atoms with Crippen LogP contribution in [0.4, 0.5) is 0 Å². The molecule has 1 aliphatic heterocycles. The minimum absolute atomic E-state index is 0.150. The second kappa shape index (κ2) is 6.09. The van der Waals surface area contributed by atoms with Gasteiger partial charge in [-0.25, -0.2) is 0 Å². The first-order valence-electron chi connectivity index (χ1n) is 7.06. The van der Waals surface area contributed by atoms with Crippen molar-refractivity contribution in [1.29, 1.82) is 0 Å². The molecule has 1 amide bonds. The van der Waals surface area contributed by atoms with Gasteiger partial charge in [0.15, 0.2) is 0 Å². The Morgan fingerprint density at radius 2 is 2.16 bits per heavy atom. The molecule has 1 heterocycles. The molecule has 3 heteroatoms. The molecule has 0 aromatic heterocycles. The lowest BCUT2D eigenvalue weighted by molar-refractivity contribution is -0.129. The van der Waals surface area contributed by atoms with Crippen LogP contribution >= 0.6 is 0 Å². The largest absolute Gasteiger partial charge is 0.494 e. The molecule has 0 saturated heterocycles. The van der Waals surface area contributed by atoms with E-state index in [4.69, 9.17) is 4.74 Å². The lowest BCUT2D eigenvalue weighted by Crippen LogP contribution is -2.34. The van der Waals surface area contributed by atoms with Crippen molar-refractivity contribution < 1.29 is 9.53 Å². The van der Waals surface area contributed by atoms with Gasteiger partial charge in [0.05, 0.1) is 6.61 Å². The molecule has 0 atom stereocenters. The average molecular weight is 261 g/mol. The Bertz CT molecular complexity index is 454. The van der Waals surface area contributed by atoms with Gasteiger partial charge in [0.2, 0.25) is 5.91 Å². The summed E-state index contributed by atoms with van der Waals surface area (Å²) in [7, 11) is 0. The standard InChI is InChI=1S/C16H23NO2/c1-12(2)7-9-19-16-5-4-14-6-8-17(13(3)18)11-15(14)10-16/h4-5,10,12H,6-9,11H2,1-3H3. The van der Waals surface area contributed by atoms with E-state index in [2.05, 4.69) is 26.0 Å². The first kappa shape index (κ1) is 13.9. The number of benzene rings is 1. The van der Waals surface area contributed by atoms with Gasteiger partial charge < -0.3 is 9.64 Å². The van der Waals surface area contributed by atoms with Crippen molar-refractivity contribution in [3.05, 3.63) is 29.3 Å². The molecular formula is C16H23NO2. The number of carbonyl (C=O) groups is 1. The van der Waals surface area contributed by atoms with Crippen LogP contribution in [0.3, 0.4) is 0 Å². The third-order valence-electron chi connectivity index (χ3n) is 3.60. The van der Waals surface area contributed by atoms with Crippen molar-refractivity contribution >= 4 is 5.91 Å². The summed E-state index contributed by atoms with van der Waals surface area (Å²) < 4.78 is 5.78. The zero-order chi connectivity index (χ0) is 13.8. The second-order valence-corrected chi connectivity index (χ2v) is 5.65. The molecular weight excluding hydrogens is 238 g/mol. The molecule has 2 rings (SSSR count). The van der Waals surface area contributed by atoms with Crippen molar-refractivity contribution in [2.45, 2.75) is 40.2 Å². The smallest absolute Gasteiger partial charge is 0.219 e. The molecule has 0 fully saturated rings. The Hall–Kier alpha value is -1.51. The van der Waals surface area contributed by atoms with Crippen LogP contribution in [-0.2, 0) is 17.8 Å². The maximum absolute atomic E-state index is 11.4. The highest BCUT2D eigenvalue weighted by atomic mass is 16.5. The van der Waals surface area contributed by atoms with Gasteiger partial charge in [-0.1, -0.05) is 19.9 Å². The molecule has 3 nitrogen and oxygen atoms in total. The molecule has 0 radical (unpaired) electrons. The minimum atomic E-state index is 0.150. The second-order valence-electron chi connectivity index (χ2n) is 5.65. The van der Waals surface area contributed by atoms with E-state index in [1.54, 1.807) is 6.92 Å². The molecule has 0 unspecified atom stereocenters. The summed E-state index contributed by atoms with van der Waals surface area (Å²) in [4.78, 5) is 13.3. The molecule has 0 bridgehead atoms. The summed E-state index contributed by atoms with van der Waals surface area (Å²) in [6.07, 6.45) is 2.01.